The van der Waals surface area contributed by atoms with E-state index in [1.54, 1.807) is 7.11 Å². The van der Waals surface area contributed by atoms with E-state index in [1.165, 1.54) is 6.07 Å². The number of anilines is 1. The van der Waals surface area contributed by atoms with E-state index in [0.717, 1.165) is 31.4 Å². The van der Waals surface area contributed by atoms with Gasteiger partial charge in [-0.1, -0.05) is 0 Å². The summed E-state index contributed by atoms with van der Waals surface area (Å²) in [4.78, 5) is -0.141. The lowest BCUT2D eigenvalue weighted by Gasteiger charge is -2.15. The van der Waals surface area contributed by atoms with Crippen LogP contribution in [0.15, 0.2) is 23.1 Å². The van der Waals surface area contributed by atoms with Crippen LogP contribution in [0.2, 0.25) is 0 Å². The van der Waals surface area contributed by atoms with Crippen LogP contribution in [-0.2, 0) is 14.8 Å². The number of rotatable bonds is 7. The summed E-state index contributed by atoms with van der Waals surface area (Å²) >= 11 is 0. The monoisotopic (exact) mass is 302 g/mol. The summed E-state index contributed by atoms with van der Waals surface area (Å²) < 4.78 is 45.0. The van der Waals surface area contributed by atoms with Gasteiger partial charge in [-0.2, -0.15) is 0 Å². The quantitative estimate of drug-likeness (QED) is 0.748. The average molecular weight is 302 g/mol. The Morgan fingerprint density at radius 3 is 2.65 bits per heavy atom. The standard InChI is InChI=1S/C13H19FN2O3S/c1-19-5-4-13(2-3-13)9-16-20(17,18)12-7-10(14)6-11(15)8-12/h6-8,16H,2-5,9,15H2,1H3. The molecule has 0 atom stereocenters. The number of benzene rings is 1. The minimum Gasteiger partial charge on any atom is -0.399 e. The number of nitrogens with two attached hydrogens (primary N) is 1. The van der Waals surface area contributed by atoms with Crippen molar-refractivity contribution in [1.82, 2.24) is 4.72 Å². The van der Waals surface area contributed by atoms with Crippen molar-refractivity contribution >= 4 is 15.7 Å². The first-order valence-corrected chi connectivity index (χ1v) is 7.90. The number of halogens is 1. The largest absolute Gasteiger partial charge is 0.399 e. The molecule has 7 heteroatoms. The van der Waals surface area contributed by atoms with E-state index < -0.39 is 15.8 Å². The Morgan fingerprint density at radius 2 is 2.10 bits per heavy atom. The van der Waals surface area contributed by atoms with Gasteiger partial charge in [-0.25, -0.2) is 17.5 Å². The zero-order valence-electron chi connectivity index (χ0n) is 11.4. The number of nitrogens with one attached hydrogen (secondary N) is 1. The van der Waals surface area contributed by atoms with Crippen LogP contribution >= 0.6 is 0 Å². The van der Waals surface area contributed by atoms with Gasteiger partial charge in [-0.3, -0.25) is 0 Å². The Bertz CT molecular complexity index is 565. The lowest BCUT2D eigenvalue weighted by molar-refractivity contribution is 0.173. The van der Waals surface area contributed by atoms with Crippen LogP contribution in [0.1, 0.15) is 19.3 Å². The van der Waals surface area contributed by atoms with Crippen LogP contribution in [-0.4, -0.2) is 28.7 Å². The first kappa shape index (κ1) is 15.2. The molecule has 0 unspecified atom stereocenters. The van der Waals surface area contributed by atoms with Crippen molar-refractivity contribution in [2.24, 2.45) is 5.41 Å². The van der Waals surface area contributed by atoms with Crippen molar-refractivity contribution in [3.05, 3.63) is 24.0 Å². The average Bonchev–Trinajstić information content (AvgIpc) is 3.14. The molecule has 1 saturated carbocycles. The molecule has 20 heavy (non-hydrogen) atoms. The number of hydrogen-bond acceptors (Lipinski definition) is 4. The van der Waals surface area contributed by atoms with Gasteiger partial charge in [0.15, 0.2) is 0 Å². The van der Waals surface area contributed by atoms with Gasteiger partial charge >= 0.3 is 0 Å². The summed E-state index contributed by atoms with van der Waals surface area (Å²) in [6.45, 7) is 0.948. The molecule has 1 aliphatic carbocycles. The molecule has 0 saturated heterocycles. The van der Waals surface area contributed by atoms with Crippen LogP contribution in [0, 0.1) is 11.2 Å². The summed E-state index contributed by atoms with van der Waals surface area (Å²) in [5.74, 6) is -0.661. The van der Waals surface area contributed by atoms with E-state index >= 15 is 0 Å². The number of methoxy groups -OCH3 is 1. The minimum atomic E-state index is -3.73. The molecule has 1 aliphatic rings. The summed E-state index contributed by atoms with van der Waals surface area (Å²) in [6, 6.07) is 3.30. The minimum absolute atomic E-state index is 0.0120. The van der Waals surface area contributed by atoms with Crippen molar-refractivity contribution in [1.29, 1.82) is 0 Å². The van der Waals surface area contributed by atoms with Gasteiger partial charge in [0.1, 0.15) is 5.82 Å². The Morgan fingerprint density at radius 1 is 1.40 bits per heavy atom. The summed E-state index contributed by atoms with van der Waals surface area (Å²) in [5, 5.41) is 0. The first-order valence-electron chi connectivity index (χ1n) is 6.42. The Labute approximate surface area is 118 Å². The molecule has 0 spiro atoms. The third kappa shape index (κ3) is 3.68. The van der Waals surface area contributed by atoms with Gasteiger partial charge in [0, 0.05) is 25.9 Å². The zero-order valence-corrected chi connectivity index (χ0v) is 12.2. The SMILES string of the molecule is COCCC1(CNS(=O)(=O)c2cc(N)cc(F)c2)CC1. The van der Waals surface area contributed by atoms with E-state index in [1.807, 2.05) is 0 Å². The summed E-state index contributed by atoms with van der Waals surface area (Å²) in [6.07, 6.45) is 2.77. The molecule has 5 nitrogen and oxygen atoms in total. The maximum Gasteiger partial charge on any atom is 0.240 e. The predicted octanol–water partition coefficient (Wildman–Crippen LogP) is 1.50. The number of ether oxygens (including phenoxy) is 1. The number of nitrogen functional groups attached to an aromatic ring is 1. The maximum absolute atomic E-state index is 13.2. The van der Waals surface area contributed by atoms with Gasteiger partial charge in [0.2, 0.25) is 10.0 Å². The van der Waals surface area contributed by atoms with Gasteiger partial charge in [0.05, 0.1) is 4.90 Å². The highest BCUT2D eigenvalue weighted by molar-refractivity contribution is 7.89. The molecule has 0 aliphatic heterocycles. The summed E-state index contributed by atoms with van der Waals surface area (Å²) in [7, 11) is -2.11. The molecular weight excluding hydrogens is 283 g/mol. The molecule has 0 bridgehead atoms. The fourth-order valence-electron chi connectivity index (χ4n) is 2.08. The highest BCUT2D eigenvalue weighted by atomic mass is 32.2. The third-order valence-corrected chi connectivity index (χ3v) is 5.02. The zero-order chi connectivity index (χ0) is 14.8. The van der Waals surface area contributed by atoms with Gasteiger partial charge in [-0.05, 0) is 42.9 Å². The smallest absolute Gasteiger partial charge is 0.240 e. The van der Waals surface area contributed by atoms with E-state index in [9.17, 15) is 12.8 Å². The molecule has 3 N–H and O–H groups in total. The highest BCUT2D eigenvalue weighted by Gasteiger charge is 2.42. The second-order valence-corrected chi connectivity index (χ2v) is 7.05. The highest BCUT2D eigenvalue weighted by Crippen LogP contribution is 2.48. The molecule has 1 aromatic rings. The van der Waals surface area contributed by atoms with Crippen molar-refractivity contribution < 1.29 is 17.5 Å². The van der Waals surface area contributed by atoms with E-state index in [-0.39, 0.29) is 16.0 Å². The maximum atomic E-state index is 13.2. The molecule has 0 amide bonds. The third-order valence-electron chi connectivity index (χ3n) is 3.63. The number of sulfonamides is 1. The second kappa shape index (κ2) is 5.67. The Hall–Kier alpha value is -1.18. The molecule has 1 aromatic carbocycles. The van der Waals surface area contributed by atoms with E-state index in [4.69, 9.17) is 10.5 Å². The lowest BCUT2D eigenvalue weighted by atomic mass is 10.0. The molecule has 2 rings (SSSR count). The van der Waals surface area contributed by atoms with Crippen LogP contribution in [0.4, 0.5) is 10.1 Å². The first-order chi connectivity index (χ1) is 9.37. The number of hydrogen-bond donors (Lipinski definition) is 2. The molecule has 0 aromatic heterocycles. The molecule has 0 heterocycles. The van der Waals surface area contributed by atoms with E-state index in [2.05, 4.69) is 4.72 Å². The van der Waals surface area contributed by atoms with E-state index in [0.29, 0.717) is 13.2 Å². The normalized spacial score (nSPS) is 17.1. The second-order valence-electron chi connectivity index (χ2n) is 5.29. The fraction of sp³-hybridized carbons (Fsp3) is 0.538. The lowest BCUT2D eigenvalue weighted by Crippen LogP contribution is -2.31. The van der Waals surface area contributed by atoms with Crippen LogP contribution in [0.25, 0.3) is 0 Å². The van der Waals surface area contributed by atoms with Crippen LogP contribution in [0.3, 0.4) is 0 Å². The van der Waals surface area contributed by atoms with Crippen molar-refractivity contribution in [2.45, 2.75) is 24.2 Å². The van der Waals surface area contributed by atoms with Gasteiger partial charge in [0.25, 0.3) is 0 Å². The molecule has 112 valence electrons. The fourth-order valence-corrected chi connectivity index (χ4v) is 3.30. The Kier molecular flexibility index (Phi) is 4.31. The molecule has 0 radical (unpaired) electrons. The van der Waals surface area contributed by atoms with Crippen LogP contribution in [0.5, 0.6) is 0 Å². The van der Waals surface area contributed by atoms with Crippen molar-refractivity contribution in [2.75, 3.05) is 26.0 Å². The van der Waals surface area contributed by atoms with Gasteiger partial charge in [-0.15, -0.1) is 0 Å². The topological polar surface area (TPSA) is 81.4 Å². The van der Waals surface area contributed by atoms with Crippen molar-refractivity contribution in [3.63, 3.8) is 0 Å². The van der Waals surface area contributed by atoms with Crippen LogP contribution < -0.4 is 10.5 Å². The molecular formula is C13H19FN2O3S. The van der Waals surface area contributed by atoms with Crippen molar-refractivity contribution in [3.8, 4) is 0 Å². The van der Waals surface area contributed by atoms with Gasteiger partial charge < -0.3 is 10.5 Å². The Balaban J connectivity index is 2.04. The predicted molar refractivity (Wildman–Crippen MR) is 74.2 cm³/mol. The summed E-state index contributed by atoms with van der Waals surface area (Å²) in [5.41, 5.74) is 5.54. The molecule has 1 fully saturated rings.